The number of hydrogen-bond acceptors (Lipinski definition) is 16. The number of amides is 3. The molecule has 4 aromatic heterocycles. The highest BCUT2D eigenvalue weighted by molar-refractivity contribution is 5.94. The summed E-state index contributed by atoms with van der Waals surface area (Å²) in [5.41, 5.74) is 14.2. The number of aldehydes is 1. The second-order valence-corrected chi connectivity index (χ2v) is 20.0. The Morgan fingerprint density at radius 3 is 2.00 bits per heavy atom. The molecule has 2 saturated heterocycles. The van der Waals surface area contributed by atoms with Crippen LogP contribution in [0.1, 0.15) is 101 Å². The van der Waals surface area contributed by atoms with Gasteiger partial charge in [-0.2, -0.15) is 0 Å². The number of carbonyl (C=O) groups excluding carboxylic acids is 4. The Hall–Kier alpha value is -7.40. The third-order valence-corrected chi connectivity index (χ3v) is 13.3. The highest BCUT2D eigenvalue weighted by Gasteiger charge is 2.45. The molecular weight excluding hydrogens is 933 g/mol. The van der Waals surface area contributed by atoms with Gasteiger partial charge in [0.25, 0.3) is 0 Å². The fraction of sp³-hybridized carbons (Fsp3) is 0.469. The number of rotatable bonds is 13. The number of aromatic nitrogens is 8. The van der Waals surface area contributed by atoms with Crippen molar-refractivity contribution in [3.05, 3.63) is 83.5 Å². The quantitative estimate of drug-likeness (QED) is 0.0864. The van der Waals surface area contributed by atoms with E-state index in [1.165, 1.54) is 31.1 Å². The molecule has 0 unspecified atom stereocenters. The van der Waals surface area contributed by atoms with Gasteiger partial charge in [-0.15, -0.1) is 0 Å². The summed E-state index contributed by atoms with van der Waals surface area (Å²) in [7, 11) is 0. The van der Waals surface area contributed by atoms with Crippen LogP contribution in [0.2, 0.25) is 0 Å². The second-order valence-electron chi connectivity index (χ2n) is 20.0. The average molecular weight is 994 g/mol. The van der Waals surface area contributed by atoms with E-state index in [-0.39, 0.29) is 67.2 Å². The van der Waals surface area contributed by atoms with Crippen LogP contribution in [0.5, 0.6) is 0 Å². The van der Waals surface area contributed by atoms with Crippen LogP contribution in [-0.2, 0) is 34.0 Å². The summed E-state index contributed by atoms with van der Waals surface area (Å²) in [5, 5.41) is 18.6. The minimum Gasteiger partial charge on any atom is -0.444 e. The zero-order valence-electron chi connectivity index (χ0n) is 39.9. The Morgan fingerprint density at radius 1 is 0.792 bits per heavy atom. The van der Waals surface area contributed by atoms with Crippen molar-refractivity contribution in [3.8, 4) is 0 Å². The van der Waals surface area contributed by atoms with Gasteiger partial charge >= 0.3 is 6.09 Å². The standard InChI is InChI=1S/C27H32FN7O4.C21H25FN8O2.CH4/c1-26(2,3)39-25(38)33-22-21-23(30-14-29-22)35(15-31-21)11-17-18(12-36)19(28)7-8-20(17)34-10-9-27(4,13-34)24(37)32-16-5-6-16;22-15-3-4-16(29-6-5-21(24,9-29)20(32)28-12-1-2-12)13(14(15)8-31)7-30-11-27-17-18(23)25-10-26-19(17)30;/h7-8,12,14-16H,5-6,9-11,13H2,1-4H3,(H,32,37)(H,29,30,33,38);3-4,10-12,31H,1-2,5-9,24H2,(H,28,32)(H2,23,25,26);1H4/t27-;21-;/m01./s1. The van der Waals surface area contributed by atoms with E-state index in [0.29, 0.717) is 90.1 Å². The molecule has 10 rings (SSSR count). The lowest BCUT2D eigenvalue weighted by Crippen LogP contribution is -2.56. The number of carbonyl (C=O) groups is 4. The Kier molecular flexibility index (Phi) is 14.2. The van der Waals surface area contributed by atoms with Gasteiger partial charge in [-0.3, -0.25) is 19.7 Å². The van der Waals surface area contributed by atoms with Gasteiger partial charge in [0.15, 0.2) is 34.7 Å². The molecule has 0 spiro atoms. The Bertz CT molecular complexity index is 3040. The van der Waals surface area contributed by atoms with Crippen LogP contribution in [0.25, 0.3) is 22.3 Å². The van der Waals surface area contributed by atoms with Crippen molar-refractivity contribution in [3.63, 3.8) is 0 Å². The fourth-order valence-corrected chi connectivity index (χ4v) is 9.07. The van der Waals surface area contributed by atoms with Gasteiger partial charge in [0.2, 0.25) is 11.8 Å². The fourth-order valence-electron chi connectivity index (χ4n) is 9.07. The van der Waals surface area contributed by atoms with Crippen molar-refractivity contribution in [2.45, 2.75) is 117 Å². The summed E-state index contributed by atoms with van der Waals surface area (Å²) >= 11 is 0. The largest absolute Gasteiger partial charge is 0.444 e. The molecule has 4 fully saturated rings. The molecule has 2 atom stereocenters. The number of nitrogens with one attached hydrogen (secondary N) is 3. The summed E-state index contributed by atoms with van der Waals surface area (Å²) in [6.45, 7) is 8.88. The van der Waals surface area contributed by atoms with Gasteiger partial charge < -0.3 is 50.9 Å². The van der Waals surface area contributed by atoms with Crippen LogP contribution >= 0.6 is 0 Å². The topological polar surface area (TPSA) is 280 Å². The number of imidazole rings is 2. The molecule has 4 aliphatic rings. The molecule has 0 radical (unpaired) electrons. The first-order valence-corrected chi connectivity index (χ1v) is 23.5. The number of aliphatic hydroxyl groups is 1. The van der Waals surface area contributed by atoms with Crippen LogP contribution in [-0.4, -0.2) is 118 Å². The molecule has 0 bridgehead atoms. The number of fused-ring (bicyclic) bond motifs is 2. The Labute approximate surface area is 414 Å². The molecule has 72 heavy (non-hydrogen) atoms. The van der Waals surface area contributed by atoms with Crippen molar-refractivity contribution in [2.24, 2.45) is 11.1 Å². The third kappa shape index (κ3) is 10.6. The van der Waals surface area contributed by atoms with Crippen LogP contribution in [0.15, 0.2) is 49.6 Å². The molecule has 6 heterocycles. The molecule has 382 valence electrons. The van der Waals surface area contributed by atoms with Crippen molar-refractivity contribution in [1.82, 2.24) is 49.7 Å². The minimum atomic E-state index is -1.02. The van der Waals surface area contributed by atoms with E-state index in [9.17, 15) is 33.1 Å². The second kappa shape index (κ2) is 20.0. The lowest BCUT2D eigenvalue weighted by Gasteiger charge is -2.27. The Morgan fingerprint density at radius 2 is 1.36 bits per heavy atom. The maximum atomic E-state index is 14.8. The number of halogens is 2. The van der Waals surface area contributed by atoms with Gasteiger partial charge in [0.1, 0.15) is 40.9 Å². The van der Waals surface area contributed by atoms with E-state index in [2.05, 4.69) is 45.9 Å². The molecule has 2 aliphatic heterocycles. The van der Waals surface area contributed by atoms with Crippen LogP contribution in [0.4, 0.5) is 36.6 Å². The van der Waals surface area contributed by atoms with Gasteiger partial charge in [0.05, 0.1) is 43.3 Å². The highest BCUT2D eigenvalue weighted by atomic mass is 19.1. The number of aliphatic hydroxyl groups excluding tert-OH is 1. The van der Waals surface area contributed by atoms with E-state index < -0.39 is 40.9 Å². The maximum absolute atomic E-state index is 14.8. The van der Waals surface area contributed by atoms with Gasteiger partial charge in [-0.05, 0) is 90.5 Å². The first-order chi connectivity index (χ1) is 33.9. The summed E-state index contributed by atoms with van der Waals surface area (Å²) in [4.78, 5) is 79.2. The molecular formula is C49H61F2N15O6. The van der Waals surface area contributed by atoms with Crippen LogP contribution in [0.3, 0.4) is 0 Å². The number of anilines is 4. The lowest BCUT2D eigenvalue weighted by atomic mass is 9.88. The average Bonchev–Trinajstić information content (AvgIpc) is 4.13. The molecule has 3 amide bonds. The van der Waals surface area contributed by atoms with E-state index in [0.717, 1.165) is 25.7 Å². The number of benzene rings is 2. The van der Waals surface area contributed by atoms with E-state index in [1.54, 1.807) is 48.4 Å². The molecule has 6 aromatic rings. The van der Waals surface area contributed by atoms with E-state index in [1.807, 2.05) is 16.7 Å². The van der Waals surface area contributed by atoms with E-state index in [4.69, 9.17) is 16.2 Å². The lowest BCUT2D eigenvalue weighted by molar-refractivity contribution is -0.129. The molecule has 23 heteroatoms. The SMILES string of the molecule is C.CC(C)(C)OC(=O)Nc1ncnc2c1ncn2Cc1c(N2CC[C@](C)(C(=O)NC3CC3)C2)ccc(F)c1C=O.Nc1ncnc2c1ncn2Cc1c(N2CC[C@](N)(C(=O)NC3CC3)C2)ccc(F)c1CO. The molecule has 2 aliphatic carbocycles. The molecule has 2 aromatic carbocycles. The van der Waals surface area contributed by atoms with Gasteiger partial charge in [-0.1, -0.05) is 7.43 Å². The first kappa shape index (κ1) is 51.0. The predicted molar refractivity (Wildman–Crippen MR) is 265 cm³/mol. The highest BCUT2D eigenvalue weighted by Crippen LogP contribution is 2.38. The maximum Gasteiger partial charge on any atom is 0.413 e. The minimum absolute atomic E-state index is 0. The first-order valence-electron chi connectivity index (χ1n) is 23.5. The van der Waals surface area contributed by atoms with E-state index >= 15 is 0 Å². The summed E-state index contributed by atoms with van der Waals surface area (Å²) < 4.78 is 38.1. The normalized spacial score (nSPS) is 19.7. The van der Waals surface area contributed by atoms with Crippen molar-refractivity contribution in [2.75, 3.05) is 47.0 Å². The zero-order valence-corrected chi connectivity index (χ0v) is 39.9. The Balaban J connectivity index is 0.000000193. The smallest absolute Gasteiger partial charge is 0.413 e. The van der Waals surface area contributed by atoms with Crippen LogP contribution in [0, 0.1) is 17.0 Å². The van der Waals surface area contributed by atoms with Crippen molar-refractivity contribution >= 4 is 69.5 Å². The van der Waals surface area contributed by atoms with Gasteiger partial charge in [0, 0.05) is 66.3 Å². The number of ether oxygens (including phenoxy) is 1. The summed E-state index contributed by atoms with van der Waals surface area (Å²) in [6.07, 6.45) is 10.6. The summed E-state index contributed by atoms with van der Waals surface area (Å²) in [6, 6.07) is 6.40. The van der Waals surface area contributed by atoms with Crippen molar-refractivity contribution < 1.29 is 37.8 Å². The molecule has 2 saturated carbocycles. The number of nitrogens with zero attached hydrogens (tertiary/aromatic N) is 10. The van der Waals surface area contributed by atoms with Gasteiger partial charge in [-0.25, -0.2) is 43.5 Å². The number of nitrogens with two attached hydrogens (primary N) is 2. The van der Waals surface area contributed by atoms with Crippen LogP contribution < -0.4 is 37.2 Å². The number of nitrogen functional groups attached to an aromatic ring is 1. The molecule has 8 N–H and O–H groups in total. The third-order valence-electron chi connectivity index (χ3n) is 13.3. The summed E-state index contributed by atoms with van der Waals surface area (Å²) in [5.74, 6) is -0.849. The molecule has 21 nitrogen and oxygen atoms in total. The number of hydrogen-bond donors (Lipinski definition) is 6. The van der Waals surface area contributed by atoms with Crippen molar-refractivity contribution in [1.29, 1.82) is 0 Å². The monoisotopic (exact) mass is 993 g/mol. The predicted octanol–water partition coefficient (Wildman–Crippen LogP) is 4.58. The zero-order chi connectivity index (χ0) is 50.4.